The monoisotopic (exact) mass is 436 g/mol. The van der Waals surface area contributed by atoms with Crippen LogP contribution < -0.4 is 10.1 Å². The van der Waals surface area contributed by atoms with Gasteiger partial charge in [-0.1, -0.05) is 24.3 Å². The van der Waals surface area contributed by atoms with Crippen molar-refractivity contribution >= 4 is 28.8 Å². The van der Waals surface area contributed by atoms with Crippen molar-refractivity contribution in [1.29, 1.82) is 0 Å². The van der Waals surface area contributed by atoms with Crippen LogP contribution in [0.4, 0.5) is 5.69 Å². The number of fused-ring (bicyclic) bond motifs is 1. The Morgan fingerprint density at radius 1 is 1.06 bits per heavy atom. The van der Waals surface area contributed by atoms with Gasteiger partial charge in [-0.2, -0.15) is 0 Å². The quantitative estimate of drug-likeness (QED) is 0.599. The van der Waals surface area contributed by atoms with Crippen LogP contribution in [0.3, 0.4) is 0 Å². The van der Waals surface area contributed by atoms with Crippen LogP contribution in [0.2, 0.25) is 0 Å². The third-order valence-corrected chi connectivity index (χ3v) is 6.39. The summed E-state index contributed by atoms with van der Waals surface area (Å²) in [6.07, 6.45) is 0. The molecule has 6 nitrogen and oxygen atoms in total. The molecule has 1 N–H and O–H groups in total. The molecule has 160 valence electrons. The summed E-state index contributed by atoms with van der Waals surface area (Å²) in [5, 5.41) is 4.99. The number of thiophene rings is 1. The first-order valence-electron chi connectivity index (χ1n) is 10.0. The van der Waals surface area contributed by atoms with Gasteiger partial charge in [0.05, 0.1) is 25.7 Å². The van der Waals surface area contributed by atoms with Crippen LogP contribution in [0.25, 0.3) is 0 Å². The van der Waals surface area contributed by atoms with E-state index in [0.29, 0.717) is 30.2 Å². The summed E-state index contributed by atoms with van der Waals surface area (Å²) in [6, 6.07) is 18.1. The molecular weight excluding hydrogens is 412 g/mol. The van der Waals surface area contributed by atoms with E-state index in [1.165, 1.54) is 0 Å². The number of hydrogen-bond donors (Lipinski definition) is 1. The maximum Gasteiger partial charge on any atom is 0.254 e. The molecule has 1 aliphatic rings. The SMILES string of the molecule is COCCN1C(=O)c2ccccc2C(C(=O)Nc2ccc(OC)cc2)C1c1cccs1. The Hall–Kier alpha value is -3.16. The standard InChI is InChI=1S/C24H24N2O4S/c1-29-14-13-26-22(20-8-5-15-31-20)21(18-6-3-4-7-19(18)24(26)28)23(27)25-16-9-11-17(30-2)12-10-16/h3-12,15,21-22H,13-14H2,1-2H3,(H,25,27). The number of ether oxygens (including phenoxy) is 2. The Balaban J connectivity index is 1.76. The van der Waals surface area contributed by atoms with Crippen molar-refractivity contribution in [2.75, 3.05) is 32.7 Å². The maximum absolute atomic E-state index is 13.6. The molecule has 0 bridgehead atoms. The molecule has 3 aromatic rings. The zero-order valence-electron chi connectivity index (χ0n) is 17.4. The maximum atomic E-state index is 13.6. The number of nitrogens with one attached hydrogen (secondary N) is 1. The Bertz CT molecular complexity index is 1050. The minimum atomic E-state index is -0.550. The van der Waals surface area contributed by atoms with Crippen LogP contribution in [0.1, 0.15) is 32.8 Å². The summed E-state index contributed by atoms with van der Waals surface area (Å²) < 4.78 is 10.5. The highest BCUT2D eigenvalue weighted by Crippen LogP contribution is 2.44. The zero-order chi connectivity index (χ0) is 21.8. The van der Waals surface area contributed by atoms with Crippen molar-refractivity contribution in [3.05, 3.63) is 82.0 Å². The van der Waals surface area contributed by atoms with Gasteiger partial charge in [-0.3, -0.25) is 9.59 Å². The molecule has 2 heterocycles. The summed E-state index contributed by atoms with van der Waals surface area (Å²) in [4.78, 5) is 29.7. The highest BCUT2D eigenvalue weighted by atomic mass is 32.1. The Kier molecular flexibility index (Phi) is 6.34. The van der Waals surface area contributed by atoms with Gasteiger partial charge in [0.2, 0.25) is 5.91 Å². The highest BCUT2D eigenvalue weighted by Gasteiger charge is 2.44. The molecule has 0 aliphatic carbocycles. The summed E-state index contributed by atoms with van der Waals surface area (Å²) >= 11 is 1.54. The number of anilines is 1. The van der Waals surface area contributed by atoms with Gasteiger partial charge in [0, 0.05) is 29.8 Å². The second-order valence-electron chi connectivity index (χ2n) is 7.23. The Labute approximate surface area is 185 Å². The molecule has 0 saturated heterocycles. The Morgan fingerprint density at radius 2 is 1.84 bits per heavy atom. The number of carbonyl (C=O) groups is 2. The van der Waals surface area contributed by atoms with Crippen molar-refractivity contribution in [1.82, 2.24) is 4.90 Å². The van der Waals surface area contributed by atoms with Gasteiger partial charge in [0.15, 0.2) is 0 Å². The fraction of sp³-hybridized carbons (Fsp3) is 0.250. The highest BCUT2D eigenvalue weighted by molar-refractivity contribution is 7.10. The van der Waals surface area contributed by atoms with E-state index in [1.807, 2.05) is 35.7 Å². The number of amides is 2. The van der Waals surface area contributed by atoms with Crippen molar-refractivity contribution in [2.24, 2.45) is 0 Å². The number of nitrogens with zero attached hydrogens (tertiary/aromatic N) is 1. The van der Waals surface area contributed by atoms with Crippen LogP contribution in [-0.4, -0.2) is 44.1 Å². The lowest BCUT2D eigenvalue weighted by molar-refractivity contribution is -0.119. The first-order chi connectivity index (χ1) is 15.1. The van der Waals surface area contributed by atoms with E-state index in [2.05, 4.69) is 5.32 Å². The van der Waals surface area contributed by atoms with E-state index in [4.69, 9.17) is 9.47 Å². The molecule has 31 heavy (non-hydrogen) atoms. The van der Waals surface area contributed by atoms with Gasteiger partial charge in [-0.25, -0.2) is 0 Å². The molecule has 7 heteroatoms. The Morgan fingerprint density at radius 3 is 2.52 bits per heavy atom. The van der Waals surface area contributed by atoms with Gasteiger partial charge in [-0.05, 0) is 47.3 Å². The minimum Gasteiger partial charge on any atom is -0.497 e. The largest absolute Gasteiger partial charge is 0.497 e. The first kappa shape index (κ1) is 21.1. The second-order valence-corrected chi connectivity index (χ2v) is 8.21. The average molecular weight is 437 g/mol. The summed E-state index contributed by atoms with van der Waals surface area (Å²) in [7, 11) is 3.21. The van der Waals surface area contributed by atoms with Gasteiger partial charge in [0.1, 0.15) is 5.75 Å². The van der Waals surface area contributed by atoms with Crippen LogP contribution in [0.5, 0.6) is 5.75 Å². The molecule has 4 rings (SSSR count). The van der Waals surface area contributed by atoms with E-state index in [-0.39, 0.29) is 11.8 Å². The van der Waals surface area contributed by atoms with Gasteiger partial charge in [-0.15, -0.1) is 11.3 Å². The normalized spacial score (nSPS) is 17.9. The summed E-state index contributed by atoms with van der Waals surface area (Å²) in [6.45, 7) is 0.793. The number of benzene rings is 2. The smallest absolute Gasteiger partial charge is 0.254 e. The number of hydrogen-bond acceptors (Lipinski definition) is 5. The van der Waals surface area contributed by atoms with Crippen molar-refractivity contribution in [2.45, 2.75) is 12.0 Å². The predicted octanol–water partition coefficient (Wildman–Crippen LogP) is 4.32. The average Bonchev–Trinajstić information content (AvgIpc) is 3.33. The molecule has 1 aromatic heterocycles. The van der Waals surface area contributed by atoms with Crippen molar-refractivity contribution < 1.29 is 19.1 Å². The van der Waals surface area contributed by atoms with E-state index >= 15 is 0 Å². The van der Waals surface area contributed by atoms with Crippen LogP contribution in [-0.2, 0) is 9.53 Å². The summed E-state index contributed by atoms with van der Waals surface area (Å²) in [5.41, 5.74) is 1.97. The third kappa shape index (κ3) is 4.19. The van der Waals surface area contributed by atoms with Gasteiger partial charge in [0.25, 0.3) is 5.91 Å². The molecule has 1 aliphatic heterocycles. The third-order valence-electron chi connectivity index (χ3n) is 5.45. The molecule has 2 amide bonds. The van der Waals surface area contributed by atoms with E-state index in [9.17, 15) is 9.59 Å². The fourth-order valence-corrected chi connectivity index (χ4v) is 4.85. The predicted molar refractivity (Wildman–Crippen MR) is 121 cm³/mol. The molecule has 0 fully saturated rings. The van der Waals surface area contributed by atoms with Gasteiger partial charge < -0.3 is 19.7 Å². The van der Waals surface area contributed by atoms with E-state index in [1.54, 1.807) is 60.8 Å². The van der Waals surface area contributed by atoms with Gasteiger partial charge >= 0.3 is 0 Å². The molecular formula is C24H24N2O4S. The van der Waals surface area contributed by atoms with Crippen LogP contribution >= 0.6 is 11.3 Å². The molecule has 2 aromatic carbocycles. The molecule has 0 spiro atoms. The van der Waals surface area contributed by atoms with E-state index in [0.717, 1.165) is 10.4 Å². The first-order valence-corrected chi connectivity index (χ1v) is 10.9. The zero-order valence-corrected chi connectivity index (χ0v) is 18.2. The molecule has 0 saturated carbocycles. The number of carbonyl (C=O) groups excluding carboxylic acids is 2. The number of rotatable bonds is 7. The lowest BCUT2D eigenvalue weighted by Gasteiger charge is -2.41. The summed E-state index contributed by atoms with van der Waals surface area (Å²) in [5.74, 6) is -0.0780. The molecule has 2 unspecified atom stereocenters. The lowest BCUT2D eigenvalue weighted by atomic mass is 9.81. The minimum absolute atomic E-state index is 0.0838. The molecule has 2 atom stereocenters. The van der Waals surface area contributed by atoms with Crippen molar-refractivity contribution in [3.63, 3.8) is 0 Å². The topological polar surface area (TPSA) is 67.9 Å². The van der Waals surface area contributed by atoms with Crippen LogP contribution in [0, 0.1) is 0 Å². The molecule has 0 radical (unpaired) electrons. The van der Waals surface area contributed by atoms with Crippen LogP contribution in [0.15, 0.2) is 66.0 Å². The number of methoxy groups -OCH3 is 2. The van der Waals surface area contributed by atoms with E-state index < -0.39 is 12.0 Å². The van der Waals surface area contributed by atoms with Crippen molar-refractivity contribution in [3.8, 4) is 5.75 Å². The second kappa shape index (κ2) is 9.32. The lowest BCUT2D eigenvalue weighted by Crippen LogP contribution is -2.47. The fourth-order valence-electron chi connectivity index (χ4n) is 3.98.